The largest absolute Gasteiger partial charge is 0.379 e. The van der Waals surface area contributed by atoms with Crippen molar-refractivity contribution in [3.8, 4) is 11.3 Å². The smallest absolute Gasteiger partial charge is 0.257 e. The van der Waals surface area contributed by atoms with E-state index in [2.05, 4.69) is 31.5 Å². The van der Waals surface area contributed by atoms with E-state index in [4.69, 9.17) is 19.2 Å². The molecule has 0 aromatic carbocycles. The molecule has 0 radical (unpaired) electrons. The lowest BCUT2D eigenvalue weighted by atomic mass is 9.89. The zero-order valence-corrected chi connectivity index (χ0v) is 20.5. The van der Waals surface area contributed by atoms with Gasteiger partial charge in [0.2, 0.25) is 0 Å². The Kier molecular flexibility index (Phi) is 5.82. The van der Waals surface area contributed by atoms with Crippen molar-refractivity contribution in [2.24, 2.45) is 0 Å². The summed E-state index contributed by atoms with van der Waals surface area (Å²) < 4.78 is 20.6. The molecule has 0 spiro atoms. The van der Waals surface area contributed by atoms with Crippen LogP contribution in [0.1, 0.15) is 29.2 Å². The molecule has 1 aliphatic heterocycles. The highest BCUT2D eigenvalue weighted by Crippen LogP contribution is 2.35. The molecule has 2 aliphatic rings. The molecule has 1 saturated heterocycles. The van der Waals surface area contributed by atoms with Crippen LogP contribution in [-0.2, 0) is 14.2 Å². The minimum Gasteiger partial charge on any atom is -0.379 e. The van der Waals surface area contributed by atoms with Gasteiger partial charge in [-0.1, -0.05) is 0 Å². The molecule has 0 bridgehead atoms. The van der Waals surface area contributed by atoms with Crippen LogP contribution in [0.4, 0.5) is 5.82 Å². The first-order valence-electron chi connectivity index (χ1n) is 12.1. The monoisotopic (exact) mass is 491 g/mol. The topological polar surface area (TPSA) is 117 Å². The predicted molar refractivity (Wildman–Crippen MR) is 133 cm³/mol. The molecule has 1 saturated carbocycles. The second-order valence-electron chi connectivity index (χ2n) is 9.21. The Labute approximate surface area is 207 Å². The summed E-state index contributed by atoms with van der Waals surface area (Å²) >= 11 is 0. The number of amides is 1. The van der Waals surface area contributed by atoms with Gasteiger partial charge >= 0.3 is 0 Å². The maximum absolute atomic E-state index is 13.2. The normalized spacial score (nSPS) is 23.8. The molecule has 4 atom stereocenters. The van der Waals surface area contributed by atoms with Gasteiger partial charge in [-0.05, 0) is 25.0 Å². The van der Waals surface area contributed by atoms with Crippen molar-refractivity contribution in [1.29, 1.82) is 0 Å². The fourth-order valence-corrected chi connectivity index (χ4v) is 5.15. The minimum absolute atomic E-state index is 0.00108. The Morgan fingerprint density at radius 2 is 2.03 bits per heavy atom. The van der Waals surface area contributed by atoms with Gasteiger partial charge in [0.15, 0.2) is 5.65 Å². The number of fused-ring (bicyclic) bond motifs is 2. The first-order valence-corrected chi connectivity index (χ1v) is 12.1. The summed E-state index contributed by atoms with van der Waals surface area (Å²) in [6.07, 6.45) is 7.21. The fraction of sp³-hybridized carbons (Fsp3) is 0.440. The zero-order valence-electron chi connectivity index (χ0n) is 20.5. The first-order chi connectivity index (χ1) is 17.6. The van der Waals surface area contributed by atoms with Crippen molar-refractivity contribution in [2.45, 2.75) is 37.1 Å². The van der Waals surface area contributed by atoms with Gasteiger partial charge in [-0.15, -0.1) is 0 Å². The van der Waals surface area contributed by atoms with Gasteiger partial charge in [0.1, 0.15) is 23.1 Å². The van der Waals surface area contributed by atoms with Crippen molar-refractivity contribution in [2.75, 3.05) is 39.8 Å². The number of nitrogens with zero attached hydrogens (tertiary/aromatic N) is 5. The molecule has 2 N–H and O–H groups in total. The number of methoxy groups -OCH3 is 2. The van der Waals surface area contributed by atoms with Crippen LogP contribution in [0.5, 0.6) is 0 Å². The van der Waals surface area contributed by atoms with Crippen LogP contribution >= 0.6 is 0 Å². The highest BCUT2D eigenvalue weighted by Gasteiger charge is 2.34. The number of pyridine rings is 1. The summed E-state index contributed by atoms with van der Waals surface area (Å²) in [5, 5.41) is 11.7. The van der Waals surface area contributed by atoms with Crippen LogP contribution in [0.25, 0.3) is 27.9 Å². The lowest BCUT2D eigenvalue weighted by Gasteiger charge is -2.35. The van der Waals surface area contributed by atoms with Crippen LogP contribution in [0.2, 0.25) is 0 Å². The van der Waals surface area contributed by atoms with Gasteiger partial charge in [-0.2, -0.15) is 9.61 Å². The third-order valence-corrected chi connectivity index (χ3v) is 7.33. The van der Waals surface area contributed by atoms with E-state index in [1.165, 1.54) is 0 Å². The number of nitrogens with one attached hydrogen (secondary N) is 2. The SMILES string of the molecule is CNc1cc(-c2cn([C@H]3COC[C@@H]3OC)c3ncccc23)nc2c(C(=O)N[C@H]3CC[C@@H]3OC)cnn12. The van der Waals surface area contributed by atoms with Gasteiger partial charge in [0.25, 0.3) is 5.91 Å². The van der Waals surface area contributed by atoms with Gasteiger partial charge in [0.05, 0.1) is 43.3 Å². The van der Waals surface area contributed by atoms with Crippen molar-refractivity contribution in [1.82, 2.24) is 29.5 Å². The highest BCUT2D eigenvalue weighted by molar-refractivity contribution is 6.01. The number of anilines is 1. The van der Waals surface area contributed by atoms with E-state index in [1.54, 1.807) is 31.1 Å². The van der Waals surface area contributed by atoms with E-state index in [-0.39, 0.29) is 30.2 Å². The molecule has 6 rings (SSSR count). The molecule has 0 unspecified atom stereocenters. The van der Waals surface area contributed by atoms with Gasteiger partial charge in [-0.3, -0.25) is 4.79 Å². The molecule has 188 valence electrons. The van der Waals surface area contributed by atoms with Crippen LogP contribution in [0.15, 0.2) is 36.8 Å². The maximum Gasteiger partial charge on any atom is 0.257 e. The Hall–Kier alpha value is -3.54. The standard InChI is InChI=1S/C25H29N7O4/c1-26-22-9-18(29-24-15(10-28-32(22)24)25(33)30-17-6-7-20(17)34-2)16-11-31(19-12-36-13-21(19)35-3)23-14(16)5-4-8-27-23/h4-5,8-11,17,19-21,26H,6-7,12-13H2,1-3H3,(H,30,33)/t17-,19-,20-,21-/m0/s1. The van der Waals surface area contributed by atoms with E-state index < -0.39 is 0 Å². The second-order valence-corrected chi connectivity index (χ2v) is 9.21. The molecule has 11 heteroatoms. The summed E-state index contributed by atoms with van der Waals surface area (Å²) in [5.41, 5.74) is 3.35. The second kappa shape index (κ2) is 9.16. The Bertz CT molecular complexity index is 1430. The van der Waals surface area contributed by atoms with E-state index in [0.717, 1.165) is 35.3 Å². The maximum atomic E-state index is 13.2. The van der Waals surface area contributed by atoms with E-state index in [0.29, 0.717) is 30.1 Å². The van der Waals surface area contributed by atoms with Gasteiger partial charge in [0, 0.05) is 50.7 Å². The van der Waals surface area contributed by atoms with Gasteiger partial charge in [-0.25, -0.2) is 9.97 Å². The van der Waals surface area contributed by atoms with Crippen molar-refractivity contribution < 1.29 is 19.0 Å². The average molecular weight is 492 g/mol. The number of rotatable bonds is 7. The fourth-order valence-electron chi connectivity index (χ4n) is 5.15. The molecule has 5 heterocycles. The number of hydrogen-bond acceptors (Lipinski definition) is 8. The average Bonchev–Trinajstić information content (AvgIpc) is 3.62. The van der Waals surface area contributed by atoms with Crippen LogP contribution in [0, 0.1) is 0 Å². The predicted octanol–water partition coefficient (Wildman–Crippen LogP) is 2.28. The van der Waals surface area contributed by atoms with E-state index in [9.17, 15) is 4.79 Å². The number of ether oxygens (including phenoxy) is 3. The van der Waals surface area contributed by atoms with Gasteiger partial charge < -0.3 is 29.4 Å². The zero-order chi connectivity index (χ0) is 24.8. The van der Waals surface area contributed by atoms with Crippen molar-refractivity contribution >= 4 is 28.4 Å². The molecule has 1 aliphatic carbocycles. The summed E-state index contributed by atoms with van der Waals surface area (Å²) in [6, 6.07) is 5.87. The molecule has 1 amide bonds. The molecule has 2 fully saturated rings. The Balaban J connectivity index is 1.45. The van der Waals surface area contributed by atoms with E-state index >= 15 is 0 Å². The van der Waals surface area contributed by atoms with E-state index in [1.807, 2.05) is 25.2 Å². The summed E-state index contributed by atoms with van der Waals surface area (Å²) in [7, 11) is 5.19. The Morgan fingerprint density at radius 1 is 1.17 bits per heavy atom. The number of aromatic nitrogens is 5. The highest BCUT2D eigenvalue weighted by atomic mass is 16.5. The summed E-state index contributed by atoms with van der Waals surface area (Å²) in [5.74, 6) is 0.509. The van der Waals surface area contributed by atoms with Crippen molar-refractivity contribution in [3.05, 3.63) is 42.4 Å². The lowest BCUT2D eigenvalue weighted by molar-refractivity contribution is 0.00732. The third-order valence-electron chi connectivity index (χ3n) is 7.33. The first kappa shape index (κ1) is 22.9. The lowest BCUT2D eigenvalue weighted by Crippen LogP contribution is -2.51. The molecule has 11 nitrogen and oxygen atoms in total. The Morgan fingerprint density at radius 3 is 2.78 bits per heavy atom. The molecule has 4 aromatic heterocycles. The molecule has 36 heavy (non-hydrogen) atoms. The summed E-state index contributed by atoms with van der Waals surface area (Å²) in [6.45, 7) is 1.08. The molecular formula is C25H29N7O4. The number of hydrogen-bond donors (Lipinski definition) is 2. The number of carbonyl (C=O) groups is 1. The quantitative estimate of drug-likeness (QED) is 0.405. The third kappa shape index (κ3) is 3.62. The summed E-state index contributed by atoms with van der Waals surface area (Å²) in [4.78, 5) is 22.7. The minimum atomic E-state index is -0.210. The van der Waals surface area contributed by atoms with Crippen LogP contribution < -0.4 is 10.6 Å². The van der Waals surface area contributed by atoms with Crippen LogP contribution in [-0.4, -0.2) is 82.8 Å². The molecule has 4 aromatic rings. The van der Waals surface area contributed by atoms with Crippen molar-refractivity contribution in [3.63, 3.8) is 0 Å². The van der Waals surface area contributed by atoms with Crippen LogP contribution in [0.3, 0.4) is 0 Å². The molecular weight excluding hydrogens is 462 g/mol. The number of carbonyl (C=O) groups excluding carboxylic acids is 1.